The number of rotatable bonds is 7. The predicted molar refractivity (Wildman–Crippen MR) is 125 cm³/mol. The van der Waals surface area contributed by atoms with Crippen LogP contribution in [-0.4, -0.2) is 102 Å². The van der Waals surface area contributed by atoms with Crippen LogP contribution in [0.15, 0.2) is 6.20 Å². The zero-order chi connectivity index (χ0) is 25.9. The van der Waals surface area contributed by atoms with Gasteiger partial charge in [0.25, 0.3) is 5.09 Å². The van der Waals surface area contributed by atoms with Crippen molar-refractivity contribution in [3.8, 4) is 0 Å². The molecule has 3 heterocycles. The number of hydroxylamine groups is 2. The zero-order valence-corrected chi connectivity index (χ0v) is 21.7. The second-order valence-electron chi connectivity index (χ2n) is 10.6. The Hall–Kier alpha value is -1.68. The van der Waals surface area contributed by atoms with Crippen LogP contribution in [-0.2, 0) is 9.57 Å². The summed E-state index contributed by atoms with van der Waals surface area (Å²) in [5.74, 6) is 0.670. The lowest BCUT2D eigenvalue weighted by Gasteiger charge is -2.46. The Balaban J connectivity index is 0.000000347. The number of β-amino-alcohol motifs (C(OH)–C–C–N with tert-alkyl or cyclic N) is 1. The second kappa shape index (κ2) is 10.9. The standard InChI is InChI=1S/C13H21N5O5S.C7H17NO2/c1-12(2)10-11(13(3,4)17(12)19)23-8(7-22-18(20)21)6-16(10)9-5-14-24-15-9;1-7(2,3)8-4-6(10)5-9/h5,8,10-11,19H,6-7H2,1-4H3;6,8-10H,4-5H2,1-3H3/t;6-/m.0/s1. The molecule has 0 aromatic carbocycles. The summed E-state index contributed by atoms with van der Waals surface area (Å²) < 4.78 is 14.4. The molecule has 0 saturated carbocycles. The molecule has 3 unspecified atom stereocenters. The molecule has 2 aliphatic heterocycles. The van der Waals surface area contributed by atoms with Crippen LogP contribution >= 0.6 is 11.7 Å². The molecule has 0 aliphatic carbocycles. The van der Waals surface area contributed by atoms with E-state index in [-0.39, 0.29) is 30.9 Å². The van der Waals surface area contributed by atoms with Gasteiger partial charge in [0.15, 0.2) is 5.82 Å². The first-order chi connectivity index (χ1) is 15.6. The molecule has 0 amide bonds. The monoisotopic (exact) mass is 506 g/mol. The average Bonchev–Trinajstić information content (AvgIpc) is 3.33. The van der Waals surface area contributed by atoms with Crippen molar-refractivity contribution in [3.63, 3.8) is 0 Å². The first-order valence-corrected chi connectivity index (χ1v) is 11.8. The summed E-state index contributed by atoms with van der Waals surface area (Å²) in [7, 11) is 0. The Bertz CT molecular complexity index is 789. The van der Waals surface area contributed by atoms with Crippen molar-refractivity contribution >= 4 is 17.5 Å². The molecule has 3 rings (SSSR count). The van der Waals surface area contributed by atoms with Gasteiger partial charge in [0.2, 0.25) is 0 Å². The van der Waals surface area contributed by atoms with Gasteiger partial charge >= 0.3 is 0 Å². The summed E-state index contributed by atoms with van der Waals surface area (Å²) in [6.07, 6.45) is 0.120. The van der Waals surface area contributed by atoms with E-state index < -0.39 is 28.4 Å². The normalized spacial score (nSPS) is 26.9. The number of aliphatic hydroxyl groups excluding tert-OH is 2. The highest BCUT2D eigenvalue weighted by Crippen LogP contribution is 2.47. The first kappa shape index (κ1) is 28.6. The number of aliphatic hydroxyl groups is 2. The predicted octanol–water partition coefficient (Wildman–Crippen LogP) is 0.679. The Morgan fingerprint density at radius 1 is 1.38 bits per heavy atom. The van der Waals surface area contributed by atoms with Gasteiger partial charge in [-0.2, -0.15) is 13.8 Å². The van der Waals surface area contributed by atoms with E-state index in [1.54, 1.807) is 6.20 Å². The van der Waals surface area contributed by atoms with Crippen LogP contribution in [0.1, 0.15) is 48.5 Å². The summed E-state index contributed by atoms with van der Waals surface area (Å²) in [6, 6.07) is -0.187. The number of fused-ring (bicyclic) bond motifs is 1. The molecular weight excluding hydrogens is 468 g/mol. The van der Waals surface area contributed by atoms with E-state index in [1.807, 2.05) is 53.4 Å². The molecule has 0 spiro atoms. The van der Waals surface area contributed by atoms with E-state index in [4.69, 9.17) is 14.9 Å². The van der Waals surface area contributed by atoms with Crippen LogP contribution in [0.25, 0.3) is 0 Å². The Kier molecular flexibility index (Phi) is 9.18. The van der Waals surface area contributed by atoms with E-state index >= 15 is 0 Å². The Morgan fingerprint density at radius 2 is 2.03 bits per heavy atom. The molecule has 1 aromatic rings. The van der Waals surface area contributed by atoms with Gasteiger partial charge < -0.3 is 35.2 Å². The fourth-order valence-electron chi connectivity index (χ4n) is 4.36. The highest BCUT2D eigenvalue weighted by Gasteiger charge is 2.63. The van der Waals surface area contributed by atoms with Gasteiger partial charge in [-0.15, -0.1) is 10.1 Å². The zero-order valence-electron chi connectivity index (χ0n) is 20.8. The molecule has 14 heteroatoms. The van der Waals surface area contributed by atoms with E-state index in [0.29, 0.717) is 18.9 Å². The maximum Gasteiger partial charge on any atom is 0.294 e. The van der Waals surface area contributed by atoms with Crippen LogP contribution in [0.5, 0.6) is 0 Å². The molecule has 13 nitrogen and oxygen atoms in total. The quantitative estimate of drug-likeness (QED) is 0.302. The minimum absolute atomic E-state index is 0.0101. The summed E-state index contributed by atoms with van der Waals surface area (Å²) in [6.45, 7) is 14.1. The number of nitrogens with one attached hydrogen (secondary N) is 1. The van der Waals surface area contributed by atoms with Crippen molar-refractivity contribution in [2.45, 2.75) is 89.4 Å². The number of nitrogens with zero attached hydrogens (tertiary/aromatic N) is 5. The fraction of sp³-hybridized carbons (Fsp3) is 0.900. The van der Waals surface area contributed by atoms with Gasteiger partial charge in [0, 0.05) is 18.6 Å². The molecule has 2 fully saturated rings. The van der Waals surface area contributed by atoms with Gasteiger partial charge in [-0.05, 0) is 48.5 Å². The minimum atomic E-state index is -0.827. The lowest BCUT2D eigenvalue weighted by atomic mass is 9.88. The van der Waals surface area contributed by atoms with E-state index in [1.165, 1.54) is 5.06 Å². The number of hydrogen-bond donors (Lipinski definition) is 4. The van der Waals surface area contributed by atoms with Gasteiger partial charge in [-0.1, -0.05) is 0 Å². The van der Waals surface area contributed by atoms with E-state index in [9.17, 15) is 15.3 Å². The Morgan fingerprint density at radius 3 is 2.53 bits per heavy atom. The van der Waals surface area contributed by atoms with Crippen LogP contribution < -0.4 is 10.2 Å². The van der Waals surface area contributed by atoms with E-state index in [0.717, 1.165) is 11.7 Å². The summed E-state index contributed by atoms with van der Waals surface area (Å²) >= 11 is 1.09. The smallest absolute Gasteiger partial charge is 0.294 e. The topological polar surface area (TPSA) is 167 Å². The number of anilines is 1. The molecule has 4 N–H and O–H groups in total. The van der Waals surface area contributed by atoms with Gasteiger partial charge in [-0.3, -0.25) is 0 Å². The summed E-state index contributed by atoms with van der Waals surface area (Å²) in [5.41, 5.74) is -1.27. The lowest BCUT2D eigenvalue weighted by Crippen LogP contribution is -2.62. The van der Waals surface area contributed by atoms with Crippen molar-refractivity contribution in [2.24, 2.45) is 0 Å². The molecule has 4 atom stereocenters. The fourth-order valence-corrected chi connectivity index (χ4v) is 4.79. The molecule has 0 bridgehead atoms. The third kappa shape index (κ3) is 6.71. The molecule has 2 saturated heterocycles. The van der Waals surface area contributed by atoms with Gasteiger partial charge in [0.05, 0.1) is 53.9 Å². The number of ether oxygens (including phenoxy) is 1. The van der Waals surface area contributed by atoms with Gasteiger partial charge in [0.1, 0.15) is 12.7 Å². The van der Waals surface area contributed by atoms with Gasteiger partial charge in [-0.25, -0.2) is 0 Å². The molecule has 196 valence electrons. The van der Waals surface area contributed by atoms with Crippen molar-refractivity contribution < 1.29 is 30.1 Å². The molecule has 34 heavy (non-hydrogen) atoms. The minimum Gasteiger partial charge on any atom is -0.394 e. The number of aromatic nitrogens is 2. The number of morpholine rings is 1. The third-order valence-corrected chi connectivity index (χ3v) is 6.43. The average molecular weight is 507 g/mol. The first-order valence-electron chi connectivity index (χ1n) is 11.1. The van der Waals surface area contributed by atoms with Crippen LogP contribution in [0.2, 0.25) is 0 Å². The lowest BCUT2D eigenvalue weighted by molar-refractivity contribution is -0.759. The maximum absolute atomic E-state index is 10.7. The highest BCUT2D eigenvalue weighted by atomic mass is 32.1. The second-order valence-corrected chi connectivity index (χ2v) is 11.2. The SMILES string of the molecule is CC(C)(C)NC[C@H](O)CO.CC1(C)C2OC(CO[N+](=O)[O-])CN(c3cnsn3)C2C(C)(C)N1O. The highest BCUT2D eigenvalue weighted by molar-refractivity contribution is 6.99. The maximum atomic E-state index is 10.7. The molecular formula is C20H38N6O7S. The van der Waals surface area contributed by atoms with Crippen LogP contribution in [0.3, 0.4) is 0 Å². The van der Waals surface area contributed by atoms with Crippen molar-refractivity contribution in [3.05, 3.63) is 16.3 Å². The van der Waals surface area contributed by atoms with Crippen molar-refractivity contribution in [1.29, 1.82) is 0 Å². The van der Waals surface area contributed by atoms with Crippen molar-refractivity contribution in [2.75, 3.05) is 31.2 Å². The number of hydrogen-bond acceptors (Lipinski definition) is 13. The van der Waals surface area contributed by atoms with E-state index in [2.05, 4.69) is 18.9 Å². The summed E-state index contributed by atoms with van der Waals surface area (Å²) in [5, 5.41) is 42.1. The third-order valence-electron chi connectivity index (χ3n) is 5.96. The molecule has 2 aliphatic rings. The summed E-state index contributed by atoms with van der Waals surface area (Å²) in [4.78, 5) is 17.0. The molecule has 1 aromatic heterocycles. The molecule has 0 radical (unpaired) electrons. The van der Waals surface area contributed by atoms with Crippen LogP contribution in [0, 0.1) is 10.1 Å². The van der Waals surface area contributed by atoms with Crippen molar-refractivity contribution in [1.82, 2.24) is 19.1 Å². The Labute approximate surface area is 204 Å². The largest absolute Gasteiger partial charge is 0.394 e. The van der Waals surface area contributed by atoms with Crippen LogP contribution in [0.4, 0.5) is 5.82 Å².